The fraction of sp³-hybridized carbons (Fsp3) is 0.364. The Hall–Kier alpha value is -1.67. The van der Waals surface area contributed by atoms with Crippen molar-refractivity contribution in [1.82, 2.24) is 4.72 Å². The van der Waals surface area contributed by atoms with Crippen LogP contribution in [0.1, 0.15) is 13.8 Å². The lowest BCUT2D eigenvalue weighted by Crippen LogP contribution is -2.42. The molecule has 0 radical (unpaired) electrons. The molecule has 0 aliphatic rings. The van der Waals surface area contributed by atoms with Crippen molar-refractivity contribution in [2.45, 2.75) is 18.7 Å². The summed E-state index contributed by atoms with van der Waals surface area (Å²) < 4.78 is 39.1. The molecule has 0 spiro atoms. The maximum absolute atomic E-state index is 13.0. The van der Waals surface area contributed by atoms with Crippen molar-refractivity contribution in [3.63, 3.8) is 0 Å². The number of nitrogens with one attached hydrogen (secondary N) is 1. The molecule has 6 nitrogen and oxygen atoms in total. The Morgan fingerprint density at radius 3 is 2.68 bits per heavy atom. The molecule has 4 N–H and O–H groups in total. The van der Waals surface area contributed by atoms with Gasteiger partial charge in [-0.3, -0.25) is 0 Å². The fourth-order valence-electron chi connectivity index (χ4n) is 1.22. The van der Waals surface area contributed by atoms with Gasteiger partial charge in [0.05, 0.1) is 4.90 Å². The van der Waals surface area contributed by atoms with Crippen molar-refractivity contribution in [1.29, 1.82) is 0 Å². The van der Waals surface area contributed by atoms with E-state index < -0.39 is 21.3 Å². The first kappa shape index (κ1) is 15.4. The number of nitrogens with zero attached hydrogens (tertiary/aromatic N) is 1. The lowest BCUT2D eigenvalue weighted by molar-refractivity contribution is 0.307. The highest BCUT2D eigenvalue weighted by molar-refractivity contribution is 7.89. The van der Waals surface area contributed by atoms with Gasteiger partial charge in [0.15, 0.2) is 0 Å². The average Bonchev–Trinajstić information content (AvgIpc) is 2.35. The van der Waals surface area contributed by atoms with E-state index in [2.05, 4.69) is 9.88 Å². The second kappa shape index (κ2) is 5.54. The van der Waals surface area contributed by atoms with Crippen LogP contribution in [0.15, 0.2) is 34.3 Å². The lowest BCUT2D eigenvalue weighted by Gasteiger charge is -2.23. The molecule has 19 heavy (non-hydrogen) atoms. The number of hydrogen-bond donors (Lipinski definition) is 3. The number of nitrogens with two attached hydrogens (primary N) is 1. The molecule has 0 aromatic heterocycles. The van der Waals surface area contributed by atoms with Crippen LogP contribution in [0.2, 0.25) is 0 Å². The van der Waals surface area contributed by atoms with E-state index >= 15 is 0 Å². The summed E-state index contributed by atoms with van der Waals surface area (Å²) in [6.07, 6.45) is 0. The summed E-state index contributed by atoms with van der Waals surface area (Å²) in [6, 6.07) is 4.65. The van der Waals surface area contributed by atoms with E-state index in [0.717, 1.165) is 12.1 Å². The summed E-state index contributed by atoms with van der Waals surface area (Å²) in [5.74, 6) is -0.743. The fourth-order valence-corrected chi connectivity index (χ4v) is 2.46. The average molecular weight is 289 g/mol. The van der Waals surface area contributed by atoms with Gasteiger partial charge < -0.3 is 10.9 Å². The minimum Gasteiger partial charge on any atom is -0.409 e. The Morgan fingerprint density at radius 1 is 1.53 bits per heavy atom. The summed E-state index contributed by atoms with van der Waals surface area (Å²) in [5, 5.41) is 11.4. The molecular weight excluding hydrogens is 273 g/mol. The lowest BCUT2D eigenvalue weighted by atomic mass is 9.93. The monoisotopic (exact) mass is 289 g/mol. The van der Waals surface area contributed by atoms with E-state index in [0.29, 0.717) is 0 Å². The van der Waals surface area contributed by atoms with E-state index in [1.54, 1.807) is 13.8 Å². The Bertz CT molecular complexity index is 585. The van der Waals surface area contributed by atoms with Crippen molar-refractivity contribution in [3.05, 3.63) is 30.1 Å². The zero-order valence-electron chi connectivity index (χ0n) is 10.6. The van der Waals surface area contributed by atoms with E-state index in [-0.39, 0.29) is 17.3 Å². The molecule has 1 aromatic carbocycles. The molecule has 0 unspecified atom stereocenters. The van der Waals surface area contributed by atoms with Gasteiger partial charge in [0, 0.05) is 12.0 Å². The zero-order valence-corrected chi connectivity index (χ0v) is 11.4. The predicted octanol–water partition coefficient (Wildman–Crippen LogP) is 0.877. The number of halogens is 1. The topological polar surface area (TPSA) is 105 Å². The van der Waals surface area contributed by atoms with Crippen LogP contribution >= 0.6 is 0 Å². The molecule has 1 rings (SSSR count). The summed E-state index contributed by atoms with van der Waals surface area (Å²) in [7, 11) is -3.84. The van der Waals surface area contributed by atoms with Gasteiger partial charge in [-0.05, 0) is 18.2 Å². The number of sulfonamides is 1. The maximum Gasteiger partial charge on any atom is 0.240 e. The molecule has 0 fully saturated rings. The number of amidine groups is 1. The molecule has 0 heterocycles. The van der Waals surface area contributed by atoms with Gasteiger partial charge in [-0.25, -0.2) is 17.5 Å². The van der Waals surface area contributed by atoms with Crippen LogP contribution in [-0.2, 0) is 10.0 Å². The van der Waals surface area contributed by atoms with Gasteiger partial charge in [0.25, 0.3) is 0 Å². The highest BCUT2D eigenvalue weighted by Gasteiger charge is 2.26. The number of benzene rings is 1. The third-order valence-corrected chi connectivity index (χ3v) is 4.01. The Kier molecular flexibility index (Phi) is 4.48. The van der Waals surface area contributed by atoms with Crippen LogP contribution in [0.3, 0.4) is 0 Å². The van der Waals surface area contributed by atoms with Crippen LogP contribution < -0.4 is 10.5 Å². The van der Waals surface area contributed by atoms with E-state index in [1.165, 1.54) is 12.1 Å². The van der Waals surface area contributed by atoms with Crippen LogP contribution in [0, 0.1) is 11.2 Å². The smallest absolute Gasteiger partial charge is 0.240 e. The van der Waals surface area contributed by atoms with E-state index in [1.807, 2.05) is 0 Å². The molecule has 0 aliphatic carbocycles. The largest absolute Gasteiger partial charge is 0.409 e. The van der Waals surface area contributed by atoms with Crippen molar-refractivity contribution < 1.29 is 18.0 Å². The van der Waals surface area contributed by atoms with Crippen LogP contribution in [0.4, 0.5) is 4.39 Å². The van der Waals surface area contributed by atoms with Crippen molar-refractivity contribution in [2.75, 3.05) is 6.54 Å². The molecule has 106 valence electrons. The maximum atomic E-state index is 13.0. The molecular formula is C11H16FN3O3S. The summed E-state index contributed by atoms with van der Waals surface area (Å²) in [6.45, 7) is 3.13. The van der Waals surface area contributed by atoms with Gasteiger partial charge >= 0.3 is 0 Å². The van der Waals surface area contributed by atoms with Crippen molar-refractivity contribution >= 4 is 15.9 Å². The highest BCUT2D eigenvalue weighted by Crippen LogP contribution is 2.16. The number of hydrogen-bond acceptors (Lipinski definition) is 4. The van der Waals surface area contributed by atoms with E-state index in [9.17, 15) is 12.8 Å². The third kappa shape index (κ3) is 3.90. The normalized spacial score (nSPS) is 13.5. The molecule has 0 aliphatic heterocycles. The molecule has 0 saturated carbocycles. The molecule has 1 aromatic rings. The molecule has 0 amide bonds. The third-order valence-electron chi connectivity index (χ3n) is 2.61. The molecule has 0 atom stereocenters. The predicted molar refractivity (Wildman–Crippen MR) is 68.8 cm³/mol. The Labute approximate surface area is 111 Å². The summed E-state index contributed by atoms with van der Waals surface area (Å²) in [4.78, 5) is -0.178. The molecule has 0 bridgehead atoms. The molecule has 8 heteroatoms. The standard InChI is InChI=1S/C11H16FN3O3S/c1-11(2,10(13)15-16)7-14-19(17,18)9-5-3-4-8(12)6-9/h3-6,14,16H,7H2,1-2H3,(H2,13,15). The summed E-state index contributed by atoms with van der Waals surface area (Å²) >= 11 is 0. The van der Waals surface area contributed by atoms with Gasteiger partial charge in [-0.2, -0.15) is 0 Å². The highest BCUT2D eigenvalue weighted by atomic mass is 32.2. The van der Waals surface area contributed by atoms with Gasteiger partial charge in [0.2, 0.25) is 10.0 Å². The number of rotatable bonds is 5. The van der Waals surface area contributed by atoms with Gasteiger partial charge in [-0.15, -0.1) is 0 Å². The van der Waals surface area contributed by atoms with Gasteiger partial charge in [0.1, 0.15) is 11.7 Å². The van der Waals surface area contributed by atoms with Crippen LogP contribution in [0.25, 0.3) is 0 Å². The van der Waals surface area contributed by atoms with Crippen LogP contribution in [0.5, 0.6) is 0 Å². The minimum atomic E-state index is -3.84. The first-order valence-corrected chi connectivity index (χ1v) is 6.90. The zero-order chi connectivity index (χ0) is 14.7. The first-order chi connectivity index (χ1) is 8.69. The number of oxime groups is 1. The van der Waals surface area contributed by atoms with Crippen molar-refractivity contribution in [2.24, 2.45) is 16.3 Å². The van der Waals surface area contributed by atoms with Crippen LogP contribution in [-0.4, -0.2) is 26.0 Å². The minimum absolute atomic E-state index is 0.0816. The Balaban J connectivity index is 2.88. The SMILES string of the molecule is CC(C)(CNS(=O)(=O)c1cccc(F)c1)/C(N)=N/O. The van der Waals surface area contributed by atoms with Crippen molar-refractivity contribution in [3.8, 4) is 0 Å². The second-order valence-corrected chi connectivity index (χ2v) is 6.42. The first-order valence-electron chi connectivity index (χ1n) is 5.42. The van der Waals surface area contributed by atoms with Gasteiger partial charge in [-0.1, -0.05) is 25.1 Å². The van der Waals surface area contributed by atoms with E-state index in [4.69, 9.17) is 10.9 Å². The molecule has 0 saturated heterocycles. The Morgan fingerprint density at radius 2 is 2.16 bits per heavy atom. The quantitative estimate of drug-likeness (QED) is 0.324. The summed E-state index contributed by atoms with van der Waals surface area (Å²) in [5.41, 5.74) is 4.58. The second-order valence-electron chi connectivity index (χ2n) is 4.65.